The average Bonchev–Trinajstić information content (AvgIpc) is 2.75. The zero-order valence-electron chi connectivity index (χ0n) is 16.1. The molecular weight excluding hydrogens is 428 g/mol. The molecule has 1 fully saturated rings. The summed E-state index contributed by atoms with van der Waals surface area (Å²) in [5.41, 5.74) is 7.50. The molecule has 2 aromatic carbocycles. The van der Waals surface area contributed by atoms with Gasteiger partial charge in [-0.1, -0.05) is 23.7 Å². The Hall–Kier alpha value is -2.59. The Morgan fingerprint density at radius 2 is 1.80 bits per heavy atom. The van der Waals surface area contributed by atoms with E-state index < -0.39 is 17.5 Å². The second-order valence-corrected chi connectivity index (χ2v) is 8.02. The van der Waals surface area contributed by atoms with Gasteiger partial charge in [0.2, 0.25) is 11.8 Å². The van der Waals surface area contributed by atoms with E-state index in [1.165, 1.54) is 18.9 Å². The molecule has 2 atom stereocenters. The van der Waals surface area contributed by atoms with E-state index in [2.05, 4.69) is 26.2 Å². The van der Waals surface area contributed by atoms with Gasteiger partial charge >= 0.3 is 5.97 Å². The van der Waals surface area contributed by atoms with Gasteiger partial charge in [0.15, 0.2) is 0 Å². The summed E-state index contributed by atoms with van der Waals surface area (Å²) in [7, 11) is 1.31. The van der Waals surface area contributed by atoms with Crippen molar-refractivity contribution in [2.24, 2.45) is 0 Å². The smallest absolute Gasteiger partial charge is 0.337 e. The molecule has 0 bridgehead atoms. The molecule has 158 valence electrons. The summed E-state index contributed by atoms with van der Waals surface area (Å²) in [6.45, 7) is 0. The van der Waals surface area contributed by atoms with Gasteiger partial charge in [-0.05, 0) is 48.4 Å². The summed E-state index contributed by atoms with van der Waals surface area (Å²) in [5, 5.41) is 6.22. The molecule has 1 heterocycles. The van der Waals surface area contributed by atoms with E-state index in [1.54, 1.807) is 36.4 Å². The number of hydrogen-bond acceptors (Lipinski definition) is 7. The van der Waals surface area contributed by atoms with Crippen molar-refractivity contribution in [3.63, 3.8) is 0 Å². The lowest BCUT2D eigenvalue weighted by atomic mass is 10.1. The van der Waals surface area contributed by atoms with Gasteiger partial charge in [-0.3, -0.25) is 9.59 Å². The summed E-state index contributed by atoms with van der Waals surface area (Å²) in [5.74, 6) is -0.699. The normalized spacial score (nSPS) is 18.4. The number of carbonyl (C=O) groups excluding carboxylic acids is 3. The number of benzene rings is 2. The summed E-state index contributed by atoms with van der Waals surface area (Å²) >= 11 is 7.12. The van der Waals surface area contributed by atoms with E-state index in [-0.39, 0.29) is 17.6 Å². The number of methoxy groups -OCH3 is 1. The number of amides is 2. The van der Waals surface area contributed by atoms with E-state index in [0.717, 1.165) is 5.56 Å². The highest BCUT2D eigenvalue weighted by Crippen LogP contribution is 2.15. The number of thioether (sulfide) groups is 1. The number of carbonyl (C=O) groups is 3. The molecule has 2 unspecified atom stereocenters. The standard InChI is InChI=1S/C20H21ClN4O4S/c1-29-19(28)13-4-8-15(9-5-13)22-17(26)11-30-20-23-18(27)16(24-25-20)10-12-2-6-14(21)7-3-12/h2-9,16,20,24-25H,10-11H2,1H3,(H,22,26)(H,23,27). The Kier molecular flexibility index (Phi) is 7.69. The predicted octanol–water partition coefficient (Wildman–Crippen LogP) is 1.92. The van der Waals surface area contributed by atoms with Crippen molar-refractivity contribution in [1.29, 1.82) is 0 Å². The number of halogens is 1. The summed E-state index contributed by atoms with van der Waals surface area (Å²) in [4.78, 5) is 35.9. The molecule has 1 aliphatic heterocycles. The quantitative estimate of drug-likeness (QED) is 0.479. The number of ether oxygens (including phenoxy) is 1. The Morgan fingerprint density at radius 1 is 1.10 bits per heavy atom. The average molecular weight is 449 g/mol. The zero-order valence-corrected chi connectivity index (χ0v) is 17.7. The van der Waals surface area contributed by atoms with Crippen LogP contribution in [-0.2, 0) is 20.7 Å². The maximum Gasteiger partial charge on any atom is 0.337 e. The summed E-state index contributed by atoms with van der Waals surface area (Å²) in [6.07, 6.45) is 0.509. The fraction of sp³-hybridized carbons (Fsp3) is 0.250. The molecule has 8 nitrogen and oxygen atoms in total. The van der Waals surface area contributed by atoms with Crippen LogP contribution in [0.3, 0.4) is 0 Å². The van der Waals surface area contributed by atoms with Gasteiger partial charge in [-0.25, -0.2) is 15.6 Å². The third-order valence-electron chi connectivity index (χ3n) is 4.30. The Morgan fingerprint density at radius 3 is 2.43 bits per heavy atom. The number of rotatable bonds is 7. The van der Waals surface area contributed by atoms with E-state index >= 15 is 0 Å². The minimum absolute atomic E-state index is 0.125. The molecule has 0 saturated carbocycles. The fourth-order valence-corrected chi connectivity index (χ4v) is 3.62. The first-order valence-electron chi connectivity index (χ1n) is 9.10. The molecule has 2 aromatic rings. The molecule has 2 amide bonds. The van der Waals surface area contributed by atoms with Crippen LogP contribution in [0.25, 0.3) is 0 Å². The first-order chi connectivity index (χ1) is 14.4. The highest BCUT2D eigenvalue weighted by atomic mass is 35.5. The van der Waals surface area contributed by atoms with E-state index in [1.807, 2.05) is 12.1 Å². The molecule has 1 saturated heterocycles. The minimum Gasteiger partial charge on any atom is -0.465 e. The van der Waals surface area contributed by atoms with Crippen LogP contribution in [0.1, 0.15) is 15.9 Å². The molecule has 3 rings (SSSR count). The lowest BCUT2D eigenvalue weighted by Crippen LogP contribution is -2.64. The van der Waals surface area contributed by atoms with Crippen LogP contribution in [0.4, 0.5) is 5.69 Å². The number of hydrogen-bond donors (Lipinski definition) is 4. The highest BCUT2D eigenvalue weighted by Gasteiger charge is 2.27. The third kappa shape index (κ3) is 6.20. The molecule has 10 heteroatoms. The van der Waals surface area contributed by atoms with Crippen molar-refractivity contribution < 1.29 is 19.1 Å². The molecule has 30 heavy (non-hydrogen) atoms. The van der Waals surface area contributed by atoms with Gasteiger partial charge in [0, 0.05) is 10.7 Å². The first-order valence-corrected chi connectivity index (χ1v) is 10.5. The number of hydrazine groups is 1. The van der Waals surface area contributed by atoms with Crippen LogP contribution in [0.15, 0.2) is 48.5 Å². The third-order valence-corrected chi connectivity index (χ3v) is 5.55. The molecular formula is C20H21ClN4O4S. The van der Waals surface area contributed by atoms with Crippen molar-refractivity contribution in [3.8, 4) is 0 Å². The van der Waals surface area contributed by atoms with E-state index in [4.69, 9.17) is 11.6 Å². The zero-order chi connectivity index (χ0) is 21.5. The molecule has 4 N–H and O–H groups in total. The van der Waals surface area contributed by atoms with Crippen LogP contribution >= 0.6 is 23.4 Å². The van der Waals surface area contributed by atoms with Gasteiger partial charge in [0.05, 0.1) is 18.4 Å². The SMILES string of the molecule is COC(=O)c1ccc(NC(=O)CSC2NNC(Cc3ccc(Cl)cc3)C(=O)N2)cc1. The summed E-state index contributed by atoms with van der Waals surface area (Å²) < 4.78 is 4.63. The van der Waals surface area contributed by atoms with Crippen molar-refractivity contribution in [3.05, 3.63) is 64.7 Å². The molecule has 0 aliphatic carbocycles. The van der Waals surface area contributed by atoms with Gasteiger partial charge < -0.3 is 15.4 Å². The molecule has 0 radical (unpaired) electrons. The van der Waals surface area contributed by atoms with Gasteiger partial charge in [0.25, 0.3) is 0 Å². The highest BCUT2D eigenvalue weighted by molar-refractivity contribution is 8.00. The van der Waals surface area contributed by atoms with Crippen LogP contribution in [0.5, 0.6) is 0 Å². The Labute approximate surface area is 183 Å². The Bertz CT molecular complexity index is 908. The second-order valence-electron chi connectivity index (χ2n) is 6.49. The van der Waals surface area contributed by atoms with Gasteiger partial charge in [-0.2, -0.15) is 0 Å². The van der Waals surface area contributed by atoms with Gasteiger partial charge in [0.1, 0.15) is 11.5 Å². The molecule has 0 spiro atoms. The van der Waals surface area contributed by atoms with Crippen LogP contribution in [0.2, 0.25) is 5.02 Å². The maximum atomic E-state index is 12.3. The largest absolute Gasteiger partial charge is 0.465 e. The maximum absolute atomic E-state index is 12.3. The lowest BCUT2D eigenvalue weighted by Gasteiger charge is -2.31. The second kappa shape index (κ2) is 10.4. The number of anilines is 1. The monoisotopic (exact) mass is 448 g/mol. The van der Waals surface area contributed by atoms with Crippen LogP contribution < -0.4 is 21.5 Å². The fourth-order valence-electron chi connectivity index (χ4n) is 2.75. The van der Waals surface area contributed by atoms with Crippen molar-refractivity contribution in [2.75, 3.05) is 18.2 Å². The molecule has 0 aromatic heterocycles. The molecule has 1 aliphatic rings. The van der Waals surface area contributed by atoms with Crippen LogP contribution in [0, 0.1) is 0 Å². The van der Waals surface area contributed by atoms with E-state index in [9.17, 15) is 14.4 Å². The van der Waals surface area contributed by atoms with Crippen molar-refractivity contribution in [2.45, 2.75) is 18.0 Å². The first kappa shape index (κ1) is 22.1. The number of nitrogens with one attached hydrogen (secondary N) is 4. The van der Waals surface area contributed by atoms with Crippen LogP contribution in [-0.4, -0.2) is 42.2 Å². The lowest BCUT2D eigenvalue weighted by molar-refractivity contribution is -0.125. The minimum atomic E-state index is -0.440. The van der Waals surface area contributed by atoms with Crippen molar-refractivity contribution in [1.82, 2.24) is 16.2 Å². The summed E-state index contributed by atoms with van der Waals surface area (Å²) in [6, 6.07) is 13.3. The van der Waals surface area contributed by atoms with Gasteiger partial charge in [-0.15, -0.1) is 11.8 Å². The van der Waals surface area contributed by atoms with E-state index in [0.29, 0.717) is 22.7 Å². The predicted molar refractivity (Wildman–Crippen MR) is 116 cm³/mol. The number of esters is 1. The topological polar surface area (TPSA) is 109 Å². The Balaban J connectivity index is 1.42. The van der Waals surface area contributed by atoms with Crippen molar-refractivity contribution >= 4 is 46.8 Å².